The van der Waals surface area contributed by atoms with Crippen LogP contribution in [0.5, 0.6) is 0 Å². The third-order valence-electron chi connectivity index (χ3n) is 5.73. The number of fused-ring (bicyclic) bond motifs is 1. The number of hydrogen-bond acceptors (Lipinski definition) is 4. The molecule has 2 fully saturated rings. The molecule has 6 heteroatoms. The molecule has 2 aliphatic heterocycles. The molecule has 2 aromatic rings. The number of sulfone groups is 1. The van der Waals surface area contributed by atoms with Crippen molar-refractivity contribution < 1.29 is 13.2 Å². The number of carbonyl (C=O) groups excluding carboxylic acids is 1. The summed E-state index contributed by atoms with van der Waals surface area (Å²) in [6, 6.07) is 17.6. The van der Waals surface area contributed by atoms with Crippen LogP contribution in [0.15, 0.2) is 54.6 Å². The topological polar surface area (TPSA) is 57.7 Å². The van der Waals surface area contributed by atoms with Gasteiger partial charge in [-0.05, 0) is 49.6 Å². The van der Waals surface area contributed by atoms with Crippen LogP contribution < -0.4 is 4.90 Å². The molecule has 0 aliphatic carbocycles. The first-order valence-corrected chi connectivity index (χ1v) is 11.6. The molecule has 1 amide bonds. The number of carbonyl (C=O) groups is 1. The third-order valence-corrected chi connectivity index (χ3v) is 7.43. The lowest BCUT2D eigenvalue weighted by atomic mass is 10.0. The summed E-state index contributed by atoms with van der Waals surface area (Å²) in [5.41, 5.74) is 3.14. The number of amides is 1. The van der Waals surface area contributed by atoms with Gasteiger partial charge in [0.25, 0.3) is 0 Å². The van der Waals surface area contributed by atoms with Crippen molar-refractivity contribution in [1.82, 2.24) is 4.90 Å². The summed E-state index contributed by atoms with van der Waals surface area (Å²) in [5, 5.41) is 0. The van der Waals surface area contributed by atoms with Crippen LogP contribution in [0.1, 0.15) is 17.5 Å². The lowest BCUT2D eigenvalue weighted by molar-refractivity contribution is -0.123. The van der Waals surface area contributed by atoms with Gasteiger partial charge in [-0.1, -0.05) is 42.5 Å². The van der Waals surface area contributed by atoms with Crippen molar-refractivity contribution in [1.29, 1.82) is 0 Å². The Balaban J connectivity index is 1.53. The molecule has 2 saturated heterocycles. The Bertz CT molecular complexity index is 959. The monoisotopic (exact) mass is 398 g/mol. The van der Waals surface area contributed by atoms with Crippen molar-refractivity contribution in [2.45, 2.75) is 31.8 Å². The molecule has 5 nitrogen and oxygen atoms in total. The molecule has 0 spiro atoms. The minimum absolute atomic E-state index is 0.0105. The van der Waals surface area contributed by atoms with E-state index in [1.54, 1.807) is 4.90 Å². The summed E-state index contributed by atoms with van der Waals surface area (Å²) in [6.07, 6.45) is 1.84. The van der Waals surface area contributed by atoms with Gasteiger partial charge in [-0.3, -0.25) is 9.69 Å². The van der Waals surface area contributed by atoms with Crippen LogP contribution in [0.25, 0.3) is 0 Å². The number of benzene rings is 2. The zero-order chi connectivity index (χ0) is 19.7. The number of rotatable bonds is 5. The summed E-state index contributed by atoms with van der Waals surface area (Å²) >= 11 is 0. The Morgan fingerprint density at radius 1 is 1.00 bits per heavy atom. The van der Waals surface area contributed by atoms with E-state index in [1.165, 1.54) is 5.56 Å². The van der Waals surface area contributed by atoms with E-state index in [4.69, 9.17) is 0 Å². The van der Waals surface area contributed by atoms with E-state index in [2.05, 4.69) is 17.0 Å². The lowest BCUT2D eigenvalue weighted by Gasteiger charge is -2.43. The SMILES string of the molecule is Cc1cccc(N2C(=O)CN(CCCc3ccccc3)[C@H]3CS(=O)(=O)C[C@H]32)c1. The second-order valence-electron chi connectivity index (χ2n) is 7.87. The molecule has 2 heterocycles. The van der Waals surface area contributed by atoms with E-state index in [0.717, 1.165) is 30.6 Å². The molecule has 148 valence electrons. The summed E-state index contributed by atoms with van der Waals surface area (Å²) in [6.45, 7) is 3.00. The van der Waals surface area contributed by atoms with Crippen LogP contribution in [0.4, 0.5) is 5.69 Å². The van der Waals surface area contributed by atoms with E-state index in [-0.39, 0.29) is 36.0 Å². The normalized spacial score (nSPS) is 24.3. The number of hydrogen-bond donors (Lipinski definition) is 0. The highest BCUT2D eigenvalue weighted by Crippen LogP contribution is 2.32. The van der Waals surface area contributed by atoms with Crippen LogP contribution in [-0.2, 0) is 21.1 Å². The van der Waals surface area contributed by atoms with E-state index in [1.807, 2.05) is 49.4 Å². The molecular formula is C22H26N2O3S. The van der Waals surface area contributed by atoms with Gasteiger partial charge in [0.05, 0.1) is 24.1 Å². The minimum atomic E-state index is -3.15. The first-order chi connectivity index (χ1) is 13.4. The van der Waals surface area contributed by atoms with Crippen molar-refractivity contribution in [3.05, 3.63) is 65.7 Å². The average Bonchev–Trinajstić information content (AvgIpc) is 2.97. The molecular weight excluding hydrogens is 372 g/mol. The maximum absolute atomic E-state index is 13.0. The Kier molecular flexibility index (Phi) is 5.25. The molecule has 0 radical (unpaired) electrons. The smallest absolute Gasteiger partial charge is 0.241 e. The van der Waals surface area contributed by atoms with Crippen LogP contribution in [0.3, 0.4) is 0 Å². The predicted molar refractivity (Wildman–Crippen MR) is 111 cm³/mol. The first-order valence-electron chi connectivity index (χ1n) is 9.80. The minimum Gasteiger partial charge on any atom is -0.306 e. The fourth-order valence-electron chi connectivity index (χ4n) is 4.45. The van der Waals surface area contributed by atoms with Crippen LogP contribution in [-0.4, -0.2) is 55.9 Å². The molecule has 4 rings (SSSR count). The fraction of sp³-hybridized carbons (Fsp3) is 0.409. The van der Waals surface area contributed by atoms with E-state index in [0.29, 0.717) is 0 Å². The van der Waals surface area contributed by atoms with E-state index in [9.17, 15) is 13.2 Å². The van der Waals surface area contributed by atoms with Gasteiger partial charge >= 0.3 is 0 Å². The van der Waals surface area contributed by atoms with Crippen LogP contribution in [0, 0.1) is 6.92 Å². The van der Waals surface area contributed by atoms with Crippen molar-refractivity contribution in [2.75, 3.05) is 29.5 Å². The molecule has 0 aromatic heterocycles. The highest BCUT2D eigenvalue weighted by atomic mass is 32.2. The fourth-order valence-corrected chi connectivity index (χ4v) is 6.43. The number of nitrogens with zero attached hydrogens (tertiary/aromatic N) is 2. The second-order valence-corrected chi connectivity index (χ2v) is 10.0. The Hall–Kier alpha value is -2.18. The highest BCUT2D eigenvalue weighted by Gasteiger charge is 2.49. The molecule has 0 N–H and O–H groups in total. The zero-order valence-corrected chi connectivity index (χ0v) is 16.9. The number of aryl methyl sites for hydroxylation is 2. The second kappa shape index (κ2) is 7.68. The van der Waals surface area contributed by atoms with Gasteiger partial charge in [-0.2, -0.15) is 0 Å². The summed E-state index contributed by atoms with van der Waals surface area (Å²) < 4.78 is 24.8. The molecule has 0 saturated carbocycles. The van der Waals surface area contributed by atoms with Gasteiger partial charge in [-0.15, -0.1) is 0 Å². The summed E-state index contributed by atoms with van der Waals surface area (Å²) in [4.78, 5) is 16.8. The van der Waals surface area contributed by atoms with Gasteiger partial charge in [0.2, 0.25) is 5.91 Å². The van der Waals surface area contributed by atoms with Crippen molar-refractivity contribution in [2.24, 2.45) is 0 Å². The van der Waals surface area contributed by atoms with Gasteiger partial charge in [0.1, 0.15) is 0 Å². The predicted octanol–water partition coefficient (Wildman–Crippen LogP) is 2.44. The number of piperazine rings is 1. The summed E-state index contributed by atoms with van der Waals surface area (Å²) in [7, 11) is -3.15. The van der Waals surface area contributed by atoms with Crippen LogP contribution >= 0.6 is 0 Å². The largest absolute Gasteiger partial charge is 0.306 e. The van der Waals surface area contributed by atoms with Crippen LogP contribution in [0.2, 0.25) is 0 Å². The van der Waals surface area contributed by atoms with Crippen molar-refractivity contribution in [3.8, 4) is 0 Å². The molecule has 0 unspecified atom stereocenters. The summed E-state index contributed by atoms with van der Waals surface area (Å²) in [5.74, 6) is 0.175. The highest BCUT2D eigenvalue weighted by molar-refractivity contribution is 7.91. The Morgan fingerprint density at radius 2 is 1.75 bits per heavy atom. The van der Waals surface area contributed by atoms with Gasteiger partial charge in [-0.25, -0.2) is 8.42 Å². The van der Waals surface area contributed by atoms with Gasteiger partial charge in [0.15, 0.2) is 9.84 Å². The molecule has 2 atom stereocenters. The van der Waals surface area contributed by atoms with Crippen molar-refractivity contribution in [3.63, 3.8) is 0 Å². The van der Waals surface area contributed by atoms with E-state index < -0.39 is 9.84 Å². The van der Waals surface area contributed by atoms with Crippen molar-refractivity contribution >= 4 is 21.4 Å². The first kappa shape index (κ1) is 19.2. The zero-order valence-electron chi connectivity index (χ0n) is 16.1. The maximum Gasteiger partial charge on any atom is 0.241 e. The quantitative estimate of drug-likeness (QED) is 0.776. The molecule has 2 aliphatic rings. The van der Waals surface area contributed by atoms with Gasteiger partial charge in [0, 0.05) is 11.7 Å². The van der Waals surface area contributed by atoms with Gasteiger partial charge < -0.3 is 4.90 Å². The third kappa shape index (κ3) is 3.98. The molecule has 0 bridgehead atoms. The number of anilines is 1. The van der Waals surface area contributed by atoms with E-state index >= 15 is 0 Å². The maximum atomic E-state index is 13.0. The molecule has 2 aromatic carbocycles. The Labute approximate surface area is 166 Å². The standard InChI is InChI=1S/C22H26N2O3S/c1-17-7-5-11-19(13-17)24-21-16-28(26,27)15-20(21)23(14-22(24)25)12-6-10-18-8-3-2-4-9-18/h2-5,7-9,11,13,20-21H,6,10,12,14-16H2,1H3/t20-,21+/m0/s1. The molecule has 28 heavy (non-hydrogen) atoms. The lowest BCUT2D eigenvalue weighted by Crippen LogP contribution is -2.62. The average molecular weight is 399 g/mol. The Morgan fingerprint density at radius 3 is 2.50 bits per heavy atom.